The third-order valence-corrected chi connectivity index (χ3v) is 7.19. The molecule has 0 saturated heterocycles. The van der Waals surface area contributed by atoms with Crippen LogP contribution in [-0.4, -0.2) is 33.6 Å². The van der Waals surface area contributed by atoms with Crippen LogP contribution in [0.1, 0.15) is 51.4 Å². The van der Waals surface area contributed by atoms with Gasteiger partial charge in [-0.15, -0.1) is 0 Å². The van der Waals surface area contributed by atoms with E-state index < -0.39 is 5.60 Å². The molecule has 3 heteroatoms. The van der Waals surface area contributed by atoms with Crippen LogP contribution in [0.4, 0.5) is 0 Å². The van der Waals surface area contributed by atoms with Crippen LogP contribution in [0.15, 0.2) is 0 Å². The Balaban J connectivity index is 1.86. The van der Waals surface area contributed by atoms with Gasteiger partial charge in [0.25, 0.3) is 0 Å². The van der Waals surface area contributed by atoms with Gasteiger partial charge in [0.2, 0.25) is 0 Å². The maximum atomic E-state index is 11.5. The molecule has 0 aromatic rings. The Morgan fingerprint density at radius 2 is 1.89 bits per heavy atom. The highest BCUT2D eigenvalue weighted by Gasteiger charge is 2.80. The summed E-state index contributed by atoms with van der Waals surface area (Å²) < 4.78 is 0. The molecule has 0 amide bonds. The van der Waals surface area contributed by atoms with E-state index >= 15 is 0 Å². The molecule has 0 unspecified atom stereocenters. The molecule has 0 aromatic carbocycles. The van der Waals surface area contributed by atoms with Gasteiger partial charge in [-0.3, -0.25) is 0 Å². The molecule has 0 heterocycles. The third-order valence-electron chi connectivity index (χ3n) is 7.19. The average Bonchev–Trinajstić information content (AvgIpc) is 2.72. The Labute approximate surface area is 108 Å². The number of aliphatic hydroxyl groups excluding tert-OH is 2. The Kier molecular flexibility index (Phi) is 2.15. The molecule has 4 rings (SSSR count). The zero-order chi connectivity index (χ0) is 12.6. The van der Waals surface area contributed by atoms with E-state index in [1.54, 1.807) is 0 Å². The van der Waals surface area contributed by atoms with E-state index in [9.17, 15) is 15.3 Å². The highest BCUT2D eigenvalue weighted by Crippen LogP contribution is 2.78. The highest BCUT2D eigenvalue weighted by atomic mass is 16.3. The average molecular weight is 252 g/mol. The first-order chi connectivity index (χ1) is 8.60. The first kappa shape index (κ1) is 11.7. The molecule has 4 aliphatic carbocycles. The molecule has 6 atom stereocenters. The SMILES string of the molecule is OC[C@]12C[C@H]3CCCC[C@@]4(CC[C@H](O)[C@H]4C1)[C@@]32O. The van der Waals surface area contributed by atoms with E-state index in [0.29, 0.717) is 5.92 Å². The number of aliphatic hydroxyl groups is 3. The van der Waals surface area contributed by atoms with E-state index in [-0.39, 0.29) is 29.5 Å². The maximum absolute atomic E-state index is 11.5. The van der Waals surface area contributed by atoms with E-state index in [1.165, 1.54) is 12.8 Å². The molecular weight excluding hydrogens is 228 g/mol. The molecular formula is C15H24O3. The lowest BCUT2D eigenvalue weighted by molar-refractivity contribution is -0.260. The van der Waals surface area contributed by atoms with Crippen LogP contribution >= 0.6 is 0 Å². The predicted octanol–water partition coefficient (Wildman–Crippen LogP) is 1.45. The van der Waals surface area contributed by atoms with Crippen LogP contribution in [0.5, 0.6) is 0 Å². The molecule has 0 radical (unpaired) electrons. The van der Waals surface area contributed by atoms with Gasteiger partial charge in [0.05, 0.1) is 18.3 Å². The van der Waals surface area contributed by atoms with Gasteiger partial charge in [-0.25, -0.2) is 0 Å². The van der Waals surface area contributed by atoms with E-state index in [1.807, 2.05) is 0 Å². The Bertz CT molecular complexity index is 384. The Hall–Kier alpha value is -0.120. The standard InChI is InChI=1S/C15H24O3/c16-9-13-7-10-3-1-2-5-14(15(10,13)18)6-4-12(17)11(14)8-13/h10-12,16-18H,1-9H2/t10-,11-,12+,13+,14+,15-/m1/s1. The summed E-state index contributed by atoms with van der Waals surface area (Å²) in [6.07, 6.45) is 7.95. The number of hydrogen-bond donors (Lipinski definition) is 3. The smallest absolute Gasteiger partial charge is 0.0813 e. The first-order valence-electron chi connectivity index (χ1n) is 7.61. The number of rotatable bonds is 1. The Morgan fingerprint density at radius 3 is 2.67 bits per heavy atom. The van der Waals surface area contributed by atoms with Crippen molar-refractivity contribution in [2.45, 2.75) is 63.1 Å². The number of hydrogen-bond acceptors (Lipinski definition) is 3. The molecule has 4 fully saturated rings. The molecule has 18 heavy (non-hydrogen) atoms. The van der Waals surface area contributed by atoms with Gasteiger partial charge in [0.1, 0.15) is 0 Å². The second kappa shape index (κ2) is 3.31. The molecule has 4 saturated carbocycles. The topological polar surface area (TPSA) is 60.7 Å². The largest absolute Gasteiger partial charge is 0.396 e. The summed E-state index contributed by atoms with van der Waals surface area (Å²) in [5.41, 5.74) is -1.03. The minimum Gasteiger partial charge on any atom is -0.396 e. The van der Waals surface area contributed by atoms with Gasteiger partial charge in [-0.1, -0.05) is 12.8 Å². The minimum atomic E-state index is -0.673. The van der Waals surface area contributed by atoms with E-state index in [4.69, 9.17) is 0 Å². The van der Waals surface area contributed by atoms with Crippen molar-refractivity contribution in [1.82, 2.24) is 0 Å². The van der Waals surface area contributed by atoms with Gasteiger partial charge in [0, 0.05) is 10.8 Å². The lowest BCUT2D eigenvalue weighted by Gasteiger charge is -2.62. The molecule has 102 valence electrons. The summed E-state index contributed by atoms with van der Waals surface area (Å²) in [5.74, 6) is 0.611. The van der Waals surface area contributed by atoms with Crippen molar-refractivity contribution in [2.75, 3.05) is 6.61 Å². The highest BCUT2D eigenvalue weighted by molar-refractivity contribution is 5.30. The molecule has 3 N–H and O–H groups in total. The van der Waals surface area contributed by atoms with Crippen molar-refractivity contribution in [3.05, 3.63) is 0 Å². The third kappa shape index (κ3) is 0.949. The lowest BCUT2D eigenvalue weighted by atomic mass is 9.46. The molecule has 0 aromatic heterocycles. The first-order valence-corrected chi connectivity index (χ1v) is 7.61. The molecule has 4 aliphatic rings. The van der Waals surface area contributed by atoms with Crippen molar-refractivity contribution in [3.8, 4) is 0 Å². The normalized spacial score (nSPS) is 61.8. The van der Waals surface area contributed by atoms with Gasteiger partial charge in [-0.05, 0) is 50.4 Å². The van der Waals surface area contributed by atoms with E-state index in [0.717, 1.165) is 38.5 Å². The van der Waals surface area contributed by atoms with Crippen molar-refractivity contribution < 1.29 is 15.3 Å². The maximum Gasteiger partial charge on any atom is 0.0813 e. The summed E-state index contributed by atoms with van der Waals surface area (Å²) in [7, 11) is 0. The van der Waals surface area contributed by atoms with Crippen molar-refractivity contribution in [2.24, 2.45) is 22.7 Å². The summed E-state index contributed by atoms with van der Waals surface area (Å²) in [4.78, 5) is 0. The molecule has 0 bridgehead atoms. The monoisotopic (exact) mass is 252 g/mol. The van der Waals surface area contributed by atoms with Crippen molar-refractivity contribution in [3.63, 3.8) is 0 Å². The summed E-state index contributed by atoms with van der Waals surface area (Å²) in [6.45, 7) is 0.102. The van der Waals surface area contributed by atoms with Crippen LogP contribution < -0.4 is 0 Å². The fourth-order valence-electron chi connectivity index (χ4n) is 6.53. The zero-order valence-corrected chi connectivity index (χ0v) is 10.9. The Morgan fingerprint density at radius 1 is 1.06 bits per heavy atom. The van der Waals surface area contributed by atoms with Crippen molar-refractivity contribution in [1.29, 1.82) is 0 Å². The van der Waals surface area contributed by atoms with Crippen LogP contribution in [0.25, 0.3) is 0 Å². The van der Waals surface area contributed by atoms with Crippen LogP contribution in [0, 0.1) is 22.7 Å². The molecule has 3 nitrogen and oxygen atoms in total. The van der Waals surface area contributed by atoms with Gasteiger partial charge in [0.15, 0.2) is 0 Å². The molecule has 0 aliphatic heterocycles. The predicted molar refractivity (Wildman–Crippen MR) is 66.8 cm³/mol. The second-order valence-electron chi connectivity index (χ2n) is 7.42. The quantitative estimate of drug-likeness (QED) is 0.662. The van der Waals surface area contributed by atoms with E-state index in [2.05, 4.69) is 0 Å². The fourth-order valence-corrected chi connectivity index (χ4v) is 6.53. The van der Waals surface area contributed by atoms with Gasteiger partial charge < -0.3 is 15.3 Å². The van der Waals surface area contributed by atoms with Crippen molar-refractivity contribution >= 4 is 0 Å². The second-order valence-corrected chi connectivity index (χ2v) is 7.42. The van der Waals surface area contributed by atoms with Gasteiger partial charge in [-0.2, -0.15) is 0 Å². The summed E-state index contributed by atoms with van der Waals surface area (Å²) in [6, 6.07) is 0. The summed E-state index contributed by atoms with van der Waals surface area (Å²) >= 11 is 0. The van der Waals surface area contributed by atoms with Crippen LogP contribution in [0.3, 0.4) is 0 Å². The zero-order valence-electron chi connectivity index (χ0n) is 10.9. The summed E-state index contributed by atoms with van der Waals surface area (Å²) in [5, 5.41) is 31.6. The molecule has 1 spiro atoms. The van der Waals surface area contributed by atoms with Gasteiger partial charge >= 0.3 is 0 Å². The minimum absolute atomic E-state index is 0.0748. The fraction of sp³-hybridized carbons (Fsp3) is 1.00. The lowest BCUT2D eigenvalue weighted by Crippen LogP contribution is -2.68. The van der Waals surface area contributed by atoms with Crippen LogP contribution in [0.2, 0.25) is 0 Å². The van der Waals surface area contributed by atoms with Crippen LogP contribution in [-0.2, 0) is 0 Å².